The summed E-state index contributed by atoms with van der Waals surface area (Å²) < 4.78 is 26.4. The third kappa shape index (κ3) is 5.85. The summed E-state index contributed by atoms with van der Waals surface area (Å²) in [5.41, 5.74) is 0. The standard InChI is InChI=1S/C12H25NO2S/c1-2-3-11-16(14,15)13-12-9-7-5-4-6-8-10-12/h12-13H,2-11H2,1H3. The molecule has 1 N–H and O–H groups in total. The fourth-order valence-corrected chi connectivity index (χ4v) is 3.75. The molecule has 96 valence electrons. The summed E-state index contributed by atoms with van der Waals surface area (Å²) in [6.07, 6.45) is 9.90. The summed E-state index contributed by atoms with van der Waals surface area (Å²) in [6, 6.07) is 0.196. The zero-order valence-corrected chi connectivity index (χ0v) is 11.2. The third-order valence-corrected chi connectivity index (χ3v) is 4.74. The molecule has 0 spiro atoms. The molecule has 1 fully saturated rings. The van der Waals surface area contributed by atoms with Crippen LogP contribution in [0.1, 0.15) is 64.7 Å². The van der Waals surface area contributed by atoms with Crippen LogP contribution in [0.25, 0.3) is 0 Å². The minimum Gasteiger partial charge on any atom is -0.212 e. The molecule has 16 heavy (non-hydrogen) atoms. The van der Waals surface area contributed by atoms with E-state index in [0.717, 1.165) is 25.7 Å². The van der Waals surface area contributed by atoms with Gasteiger partial charge in [-0.05, 0) is 19.3 Å². The first-order chi connectivity index (χ1) is 7.64. The van der Waals surface area contributed by atoms with E-state index in [-0.39, 0.29) is 6.04 Å². The molecule has 3 nitrogen and oxygen atoms in total. The van der Waals surface area contributed by atoms with Crippen molar-refractivity contribution in [1.82, 2.24) is 4.72 Å². The van der Waals surface area contributed by atoms with Crippen LogP contribution in [-0.4, -0.2) is 20.2 Å². The zero-order valence-electron chi connectivity index (χ0n) is 10.4. The Morgan fingerprint density at radius 1 is 1.06 bits per heavy atom. The highest BCUT2D eigenvalue weighted by molar-refractivity contribution is 7.89. The molecule has 0 aromatic carbocycles. The Balaban J connectivity index is 2.37. The van der Waals surface area contributed by atoms with Crippen LogP contribution in [0.15, 0.2) is 0 Å². The molecule has 1 saturated carbocycles. The van der Waals surface area contributed by atoms with Gasteiger partial charge >= 0.3 is 0 Å². The molecule has 0 aromatic rings. The van der Waals surface area contributed by atoms with Crippen LogP contribution in [0.3, 0.4) is 0 Å². The molecule has 0 saturated heterocycles. The molecular formula is C12H25NO2S. The lowest BCUT2D eigenvalue weighted by atomic mass is 9.97. The summed E-state index contributed by atoms with van der Waals surface area (Å²) in [5.74, 6) is 0.292. The van der Waals surface area contributed by atoms with Gasteiger partial charge in [-0.25, -0.2) is 13.1 Å². The Morgan fingerprint density at radius 3 is 2.19 bits per heavy atom. The highest BCUT2D eigenvalue weighted by atomic mass is 32.2. The molecule has 0 aromatic heterocycles. The smallest absolute Gasteiger partial charge is 0.211 e. The van der Waals surface area contributed by atoms with Crippen LogP contribution < -0.4 is 4.72 Å². The molecule has 0 bridgehead atoms. The average Bonchev–Trinajstić information content (AvgIpc) is 2.19. The monoisotopic (exact) mass is 247 g/mol. The summed E-state index contributed by atoms with van der Waals surface area (Å²) in [7, 11) is -3.02. The van der Waals surface area contributed by atoms with Crippen molar-refractivity contribution in [2.24, 2.45) is 0 Å². The SMILES string of the molecule is CCCCS(=O)(=O)NC1CCCCCCC1. The molecule has 1 rings (SSSR count). The first-order valence-electron chi connectivity index (χ1n) is 6.64. The number of rotatable bonds is 5. The van der Waals surface area contributed by atoms with Crippen molar-refractivity contribution in [2.75, 3.05) is 5.75 Å². The van der Waals surface area contributed by atoms with Gasteiger partial charge < -0.3 is 0 Å². The molecule has 0 radical (unpaired) electrons. The van der Waals surface area contributed by atoms with Gasteiger partial charge in [0.05, 0.1) is 5.75 Å². The number of hydrogen-bond donors (Lipinski definition) is 1. The van der Waals surface area contributed by atoms with Crippen molar-refractivity contribution in [3.63, 3.8) is 0 Å². The largest absolute Gasteiger partial charge is 0.212 e. The van der Waals surface area contributed by atoms with Gasteiger partial charge in [0.15, 0.2) is 0 Å². The third-order valence-electron chi connectivity index (χ3n) is 3.22. The lowest BCUT2D eigenvalue weighted by Gasteiger charge is -2.20. The van der Waals surface area contributed by atoms with Crippen LogP contribution in [0, 0.1) is 0 Å². The van der Waals surface area contributed by atoms with Crippen molar-refractivity contribution in [1.29, 1.82) is 0 Å². The normalized spacial score (nSPS) is 20.3. The van der Waals surface area contributed by atoms with Gasteiger partial charge in [-0.15, -0.1) is 0 Å². The Bertz CT molecular complexity index is 267. The van der Waals surface area contributed by atoms with Gasteiger partial charge in [0.2, 0.25) is 10.0 Å². The molecule has 1 aliphatic rings. The fraction of sp³-hybridized carbons (Fsp3) is 1.00. The maximum absolute atomic E-state index is 11.7. The van der Waals surface area contributed by atoms with E-state index in [1.54, 1.807) is 0 Å². The van der Waals surface area contributed by atoms with Crippen LogP contribution in [0.5, 0.6) is 0 Å². The minimum absolute atomic E-state index is 0.196. The molecular weight excluding hydrogens is 222 g/mol. The number of nitrogens with one attached hydrogen (secondary N) is 1. The minimum atomic E-state index is -3.02. The Labute approximate surface area is 100 Å². The Kier molecular flexibility index (Phi) is 6.36. The van der Waals surface area contributed by atoms with E-state index in [1.165, 1.54) is 32.1 Å². The van der Waals surface area contributed by atoms with E-state index in [4.69, 9.17) is 0 Å². The Hall–Kier alpha value is -0.0900. The fourth-order valence-electron chi connectivity index (χ4n) is 2.22. The van der Waals surface area contributed by atoms with Crippen molar-refractivity contribution in [2.45, 2.75) is 70.8 Å². The number of sulfonamides is 1. The van der Waals surface area contributed by atoms with Crippen molar-refractivity contribution >= 4 is 10.0 Å². The van der Waals surface area contributed by atoms with E-state index in [1.807, 2.05) is 6.92 Å². The lowest BCUT2D eigenvalue weighted by molar-refractivity contribution is 0.426. The number of unbranched alkanes of at least 4 members (excludes halogenated alkanes) is 1. The van der Waals surface area contributed by atoms with Gasteiger partial charge in [0.25, 0.3) is 0 Å². The molecule has 4 heteroatoms. The van der Waals surface area contributed by atoms with E-state index in [2.05, 4.69) is 4.72 Å². The van der Waals surface area contributed by atoms with Crippen molar-refractivity contribution in [3.8, 4) is 0 Å². The van der Waals surface area contributed by atoms with Gasteiger partial charge in [-0.1, -0.05) is 45.4 Å². The second-order valence-corrected chi connectivity index (χ2v) is 6.71. The summed E-state index contributed by atoms with van der Waals surface area (Å²) in [5, 5.41) is 0. The zero-order chi connectivity index (χ0) is 11.9. The van der Waals surface area contributed by atoms with Gasteiger partial charge in [-0.3, -0.25) is 0 Å². The maximum atomic E-state index is 11.7. The second-order valence-electron chi connectivity index (χ2n) is 4.83. The van der Waals surface area contributed by atoms with Gasteiger partial charge in [-0.2, -0.15) is 0 Å². The second kappa shape index (κ2) is 7.28. The van der Waals surface area contributed by atoms with Gasteiger partial charge in [0, 0.05) is 6.04 Å². The molecule has 0 unspecified atom stereocenters. The van der Waals surface area contributed by atoms with Crippen molar-refractivity contribution in [3.05, 3.63) is 0 Å². The van der Waals surface area contributed by atoms with Crippen LogP contribution >= 0.6 is 0 Å². The number of hydrogen-bond acceptors (Lipinski definition) is 2. The average molecular weight is 247 g/mol. The lowest BCUT2D eigenvalue weighted by Crippen LogP contribution is -2.36. The molecule has 0 aliphatic heterocycles. The topological polar surface area (TPSA) is 46.2 Å². The highest BCUT2D eigenvalue weighted by Crippen LogP contribution is 2.17. The molecule has 1 aliphatic carbocycles. The molecule has 0 atom stereocenters. The first kappa shape index (κ1) is 14.0. The molecule has 0 amide bonds. The van der Waals surface area contributed by atoms with Crippen LogP contribution in [0.2, 0.25) is 0 Å². The van der Waals surface area contributed by atoms with E-state index in [0.29, 0.717) is 5.75 Å². The van der Waals surface area contributed by atoms with Crippen molar-refractivity contribution < 1.29 is 8.42 Å². The first-order valence-corrected chi connectivity index (χ1v) is 8.29. The van der Waals surface area contributed by atoms with Crippen LogP contribution in [0.4, 0.5) is 0 Å². The summed E-state index contributed by atoms with van der Waals surface area (Å²) in [6.45, 7) is 2.02. The van der Waals surface area contributed by atoms with E-state index in [9.17, 15) is 8.42 Å². The maximum Gasteiger partial charge on any atom is 0.211 e. The predicted molar refractivity (Wildman–Crippen MR) is 67.9 cm³/mol. The molecule has 0 heterocycles. The highest BCUT2D eigenvalue weighted by Gasteiger charge is 2.17. The Morgan fingerprint density at radius 2 is 1.62 bits per heavy atom. The van der Waals surface area contributed by atoms with Gasteiger partial charge in [0.1, 0.15) is 0 Å². The summed E-state index contributed by atoms with van der Waals surface area (Å²) in [4.78, 5) is 0. The van der Waals surface area contributed by atoms with E-state index >= 15 is 0 Å². The predicted octanol–water partition coefficient (Wildman–Crippen LogP) is 2.82. The summed E-state index contributed by atoms with van der Waals surface area (Å²) >= 11 is 0. The van der Waals surface area contributed by atoms with E-state index < -0.39 is 10.0 Å². The quantitative estimate of drug-likeness (QED) is 0.812. The van der Waals surface area contributed by atoms with Crippen LogP contribution in [-0.2, 0) is 10.0 Å².